The van der Waals surface area contributed by atoms with Gasteiger partial charge in [0.05, 0.1) is 0 Å². The molecule has 0 N–H and O–H groups in total. The van der Waals surface area contributed by atoms with E-state index < -0.39 is 11.8 Å². The SMILES string of the molecule is CN1C(=O)C(Cl)=C(Cl)C1=O. The predicted octanol–water partition coefficient (Wildman–Crippen LogP) is 0.674. The molecule has 2 amide bonds. The molecule has 54 valence electrons. The highest BCUT2D eigenvalue weighted by molar-refractivity contribution is 6.58. The van der Waals surface area contributed by atoms with Gasteiger partial charge in [0.15, 0.2) is 0 Å². The number of amides is 2. The summed E-state index contributed by atoms with van der Waals surface area (Å²) in [6, 6.07) is 0. The first kappa shape index (κ1) is 7.57. The van der Waals surface area contributed by atoms with E-state index in [1.165, 1.54) is 7.05 Å². The molecule has 3 nitrogen and oxygen atoms in total. The number of hydrogen-bond donors (Lipinski definition) is 0. The van der Waals surface area contributed by atoms with Gasteiger partial charge in [-0.05, 0) is 0 Å². The van der Waals surface area contributed by atoms with Crippen LogP contribution in [-0.2, 0) is 9.59 Å². The normalized spacial score (nSPS) is 19.3. The van der Waals surface area contributed by atoms with E-state index in [9.17, 15) is 9.59 Å². The Morgan fingerprint density at radius 2 is 1.40 bits per heavy atom. The van der Waals surface area contributed by atoms with Gasteiger partial charge in [-0.25, -0.2) is 0 Å². The molecule has 0 aromatic carbocycles. The standard InChI is InChI=1S/C5H3Cl2NO2/c1-8-4(9)2(6)3(7)5(8)10/h1H3. The van der Waals surface area contributed by atoms with Gasteiger partial charge in [-0.15, -0.1) is 0 Å². The van der Waals surface area contributed by atoms with Crippen molar-refractivity contribution in [3.8, 4) is 0 Å². The van der Waals surface area contributed by atoms with E-state index in [0.29, 0.717) is 0 Å². The summed E-state index contributed by atoms with van der Waals surface area (Å²) >= 11 is 10.7. The summed E-state index contributed by atoms with van der Waals surface area (Å²) in [7, 11) is 1.32. The Morgan fingerprint density at radius 3 is 1.50 bits per heavy atom. The molecule has 1 heterocycles. The second-order valence-electron chi connectivity index (χ2n) is 1.80. The van der Waals surface area contributed by atoms with Crippen molar-refractivity contribution < 1.29 is 9.59 Å². The molecule has 1 aliphatic heterocycles. The maximum atomic E-state index is 10.8. The molecule has 0 unspecified atom stereocenters. The van der Waals surface area contributed by atoms with Crippen LogP contribution in [0.4, 0.5) is 0 Å². The quantitative estimate of drug-likeness (QED) is 0.514. The van der Waals surface area contributed by atoms with Crippen LogP contribution in [0, 0.1) is 0 Å². The molecule has 10 heavy (non-hydrogen) atoms. The van der Waals surface area contributed by atoms with Crippen LogP contribution in [0.1, 0.15) is 0 Å². The van der Waals surface area contributed by atoms with Gasteiger partial charge in [0.1, 0.15) is 10.1 Å². The molecule has 0 bridgehead atoms. The number of carbonyl (C=O) groups is 2. The van der Waals surface area contributed by atoms with Crippen LogP contribution in [0.25, 0.3) is 0 Å². The summed E-state index contributed by atoms with van der Waals surface area (Å²) in [6.45, 7) is 0. The van der Waals surface area contributed by atoms with Crippen molar-refractivity contribution in [3.63, 3.8) is 0 Å². The van der Waals surface area contributed by atoms with Gasteiger partial charge in [-0.2, -0.15) is 0 Å². The Morgan fingerprint density at radius 1 is 1.10 bits per heavy atom. The van der Waals surface area contributed by atoms with Crippen molar-refractivity contribution in [2.75, 3.05) is 7.05 Å². The molecule has 5 heteroatoms. The molecule has 0 aromatic rings. The van der Waals surface area contributed by atoms with E-state index in [1.54, 1.807) is 0 Å². The van der Waals surface area contributed by atoms with E-state index in [-0.39, 0.29) is 10.1 Å². The lowest BCUT2D eigenvalue weighted by atomic mass is 10.5. The highest BCUT2D eigenvalue weighted by Crippen LogP contribution is 2.24. The minimum Gasteiger partial charge on any atom is -0.276 e. The number of hydrogen-bond acceptors (Lipinski definition) is 2. The summed E-state index contributed by atoms with van der Waals surface area (Å²) in [5.74, 6) is -1.09. The summed E-state index contributed by atoms with van der Waals surface area (Å²) in [5, 5.41) is -0.400. The lowest BCUT2D eigenvalue weighted by Gasteiger charge is -2.02. The van der Waals surface area contributed by atoms with E-state index in [1.807, 2.05) is 0 Å². The fourth-order valence-electron chi connectivity index (χ4n) is 0.574. The lowest BCUT2D eigenvalue weighted by molar-refractivity contribution is -0.135. The van der Waals surface area contributed by atoms with Gasteiger partial charge >= 0.3 is 0 Å². The zero-order chi connectivity index (χ0) is 7.89. The van der Waals surface area contributed by atoms with Crippen LogP contribution < -0.4 is 0 Å². The maximum absolute atomic E-state index is 10.8. The minimum atomic E-state index is -0.545. The fourth-order valence-corrected chi connectivity index (χ4v) is 0.990. The van der Waals surface area contributed by atoms with Crippen molar-refractivity contribution in [3.05, 3.63) is 10.1 Å². The van der Waals surface area contributed by atoms with Crippen LogP contribution in [0.5, 0.6) is 0 Å². The van der Waals surface area contributed by atoms with Crippen molar-refractivity contribution in [2.24, 2.45) is 0 Å². The first-order chi connectivity index (χ1) is 4.55. The maximum Gasteiger partial charge on any atom is 0.273 e. The minimum absolute atomic E-state index is 0.200. The van der Waals surface area contributed by atoms with Crippen LogP contribution in [0.3, 0.4) is 0 Å². The van der Waals surface area contributed by atoms with Crippen molar-refractivity contribution in [2.45, 2.75) is 0 Å². The summed E-state index contributed by atoms with van der Waals surface area (Å²) in [6.07, 6.45) is 0. The predicted molar refractivity (Wildman–Crippen MR) is 36.5 cm³/mol. The van der Waals surface area contributed by atoms with Crippen molar-refractivity contribution >= 4 is 35.0 Å². The Hall–Kier alpha value is -0.540. The van der Waals surface area contributed by atoms with Gasteiger partial charge in [-0.1, -0.05) is 23.2 Å². The first-order valence-electron chi connectivity index (χ1n) is 2.43. The van der Waals surface area contributed by atoms with Crippen LogP contribution in [0.15, 0.2) is 10.1 Å². The number of likely N-dealkylation sites (N-methyl/N-ethyl adjacent to an activating group) is 1. The zero-order valence-electron chi connectivity index (χ0n) is 5.02. The summed E-state index contributed by atoms with van der Waals surface area (Å²) in [5.41, 5.74) is 0. The average molecular weight is 180 g/mol. The highest BCUT2D eigenvalue weighted by Gasteiger charge is 2.33. The topological polar surface area (TPSA) is 37.4 Å². The molecule has 1 rings (SSSR count). The lowest BCUT2D eigenvalue weighted by Crippen LogP contribution is -2.25. The Kier molecular flexibility index (Phi) is 1.70. The van der Waals surface area contributed by atoms with Gasteiger partial charge < -0.3 is 0 Å². The molecule has 1 aliphatic rings. The van der Waals surface area contributed by atoms with Gasteiger partial charge in [-0.3, -0.25) is 14.5 Å². The second kappa shape index (κ2) is 2.25. The monoisotopic (exact) mass is 179 g/mol. The molecular formula is C5H3Cl2NO2. The van der Waals surface area contributed by atoms with Crippen molar-refractivity contribution in [1.82, 2.24) is 4.90 Å². The third-order valence-corrected chi connectivity index (χ3v) is 1.98. The second-order valence-corrected chi connectivity index (χ2v) is 2.55. The van der Waals surface area contributed by atoms with Gasteiger partial charge in [0, 0.05) is 7.05 Å². The van der Waals surface area contributed by atoms with E-state index in [0.717, 1.165) is 4.90 Å². The molecular weight excluding hydrogens is 177 g/mol. The number of imide groups is 1. The van der Waals surface area contributed by atoms with Crippen LogP contribution in [0.2, 0.25) is 0 Å². The molecule has 0 radical (unpaired) electrons. The number of nitrogens with zero attached hydrogens (tertiary/aromatic N) is 1. The molecule has 0 atom stereocenters. The Labute approximate surface area is 67.2 Å². The number of halogens is 2. The van der Waals surface area contributed by atoms with Crippen LogP contribution in [-0.4, -0.2) is 23.8 Å². The molecule has 0 saturated carbocycles. The Balaban J connectivity index is 3.11. The number of rotatable bonds is 0. The molecule has 0 aromatic heterocycles. The summed E-state index contributed by atoms with van der Waals surface area (Å²) < 4.78 is 0. The third kappa shape index (κ3) is 0.822. The van der Waals surface area contributed by atoms with Crippen LogP contribution >= 0.6 is 23.2 Å². The average Bonchev–Trinajstić information content (AvgIpc) is 2.07. The Bertz CT molecular complexity index is 222. The van der Waals surface area contributed by atoms with E-state index >= 15 is 0 Å². The van der Waals surface area contributed by atoms with Gasteiger partial charge in [0.25, 0.3) is 11.8 Å². The largest absolute Gasteiger partial charge is 0.276 e. The van der Waals surface area contributed by atoms with Gasteiger partial charge in [0.2, 0.25) is 0 Å². The highest BCUT2D eigenvalue weighted by atomic mass is 35.5. The summed E-state index contributed by atoms with van der Waals surface area (Å²) in [4.78, 5) is 22.4. The molecule has 0 aliphatic carbocycles. The van der Waals surface area contributed by atoms with E-state index in [2.05, 4.69) is 0 Å². The molecule has 0 fully saturated rings. The molecule has 0 saturated heterocycles. The zero-order valence-corrected chi connectivity index (χ0v) is 6.53. The smallest absolute Gasteiger partial charge is 0.273 e. The first-order valence-corrected chi connectivity index (χ1v) is 3.19. The van der Waals surface area contributed by atoms with Crippen molar-refractivity contribution in [1.29, 1.82) is 0 Å². The number of carbonyl (C=O) groups excluding carboxylic acids is 2. The van der Waals surface area contributed by atoms with E-state index in [4.69, 9.17) is 23.2 Å². The molecule has 0 spiro atoms. The third-order valence-electron chi connectivity index (χ3n) is 1.18. The fraction of sp³-hybridized carbons (Fsp3) is 0.200.